The molecule has 0 saturated carbocycles. The van der Waals surface area contributed by atoms with Gasteiger partial charge in [0.2, 0.25) is 5.78 Å². The van der Waals surface area contributed by atoms with Gasteiger partial charge in [0, 0.05) is 12.1 Å². The van der Waals surface area contributed by atoms with Crippen LogP contribution in [0.25, 0.3) is 0 Å². The monoisotopic (exact) mass is 222 g/mol. The fourth-order valence-corrected chi connectivity index (χ4v) is 1.69. The Bertz CT molecular complexity index is 412. The Hall–Kier alpha value is -1.71. The second kappa shape index (κ2) is 4.43. The maximum Gasteiger partial charge on any atom is 0.207 e. The molecule has 0 aromatic heterocycles. The van der Waals surface area contributed by atoms with Crippen LogP contribution in [0.2, 0.25) is 0 Å². The van der Waals surface area contributed by atoms with Crippen molar-refractivity contribution in [2.24, 2.45) is 0 Å². The van der Waals surface area contributed by atoms with E-state index in [9.17, 15) is 4.79 Å². The highest BCUT2D eigenvalue weighted by Crippen LogP contribution is 2.37. The number of Topliss-reactive ketones (excluding diaryl/α,β-unsaturated/α-hetero) is 1. The quantitative estimate of drug-likeness (QED) is 0.782. The van der Waals surface area contributed by atoms with Gasteiger partial charge in [0.05, 0.1) is 13.2 Å². The Labute approximate surface area is 94.1 Å². The number of ether oxygens (including phenoxy) is 3. The molecule has 4 nitrogen and oxygen atoms in total. The van der Waals surface area contributed by atoms with Gasteiger partial charge >= 0.3 is 0 Å². The van der Waals surface area contributed by atoms with Gasteiger partial charge in [-0.25, -0.2) is 0 Å². The molecule has 0 unspecified atom stereocenters. The topological polar surface area (TPSA) is 44.8 Å². The predicted molar refractivity (Wildman–Crippen MR) is 58.6 cm³/mol. The fraction of sp³-hybridized carbons (Fsp3) is 0.417. The number of ketones is 1. The van der Waals surface area contributed by atoms with Crippen LogP contribution in [-0.2, 0) is 0 Å². The Morgan fingerprint density at radius 2 is 2.00 bits per heavy atom. The Morgan fingerprint density at radius 1 is 1.25 bits per heavy atom. The number of rotatable bonds is 4. The van der Waals surface area contributed by atoms with E-state index in [-0.39, 0.29) is 12.4 Å². The maximum atomic E-state index is 11.6. The van der Waals surface area contributed by atoms with Crippen molar-refractivity contribution < 1.29 is 19.0 Å². The third-order valence-electron chi connectivity index (χ3n) is 2.29. The van der Waals surface area contributed by atoms with E-state index in [0.717, 1.165) is 0 Å². The third kappa shape index (κ3) is 1.83. The van der Waals surface area contributed by atoms with Crippen molar-refractivity contribution in [1.82, 2.24) is 0 Å². The van der Waals surface area contributed by atoms with Gasteiger partial charge in [0.1, 0.15) is 22.8 Å². The molecule has 86 valence electrons. The summed E-state index contributed by atoms with van der Waals surface area (Å²) >= 11 is 0. The SMILES string of the molecule is CCOc1cc(OCC)c2c(c1)OCC2=O. The van der Waals surface area contributed by atoms with E-state index in [2.05, 4.69) is 0 Å². The molecule has 0 spiro atoms. The molecule has 1 heterocycles. The van der Waals surface area contributed by atoms with Crippen molar-refractivity contribution in [2.45, 2.75) is 13.8 Å². The molecule has 0 atom stereocenters. The molecule has 0 aliphatic carbocycles. The average Bonchev–Trinajstić information content (AvgIpc) is 2.61. The van der Waals surface area contributed by atoms with Gasteiger partial charge in [-0.15, -0.1) is 0 Å². The molecule has 0 amide bonds. The van der Waals surface area contributed by atoms with Crippen LogP contribution in [-0.4, -0.2) is 25.6 Å². The van der Waals surface area contributed by atoms with Crippen molar-refractivity contribution in [2.75, 3.05) is 19.8 Å². The molecule has 0 radical (unpaired) electrons. The van der Waals surface area contributed by atoms with Crippen molar-refractivity contribution in [3.8, 4) is 17.2 Å². The van der Waals surface area contributed by atoms with Crippen LogP contribution in [0.3, 0.4) is 0 Å². The molecule has 1 aromatic rings. The second-order valence-corrected chi connectivity index (χ2v) is 3.37. The zero-order valence-electron chi connectivity index (χ0n) is 9.41. The van der Waals surface area contributed by atoms with Crippen LogP contribution in [0.1, 0.15) is 24.2 Å². The molecule has 0 fully saturated rings. The number of benzene rings is 1. The predicted octanol–water partition coefficient (Wildman–Crippen LogP) is 2.06. The van der Waals surface area contributed by atoms with E-state index in [0.29, 0.717) is 36.0 Å². The normalized spacial score (nSPS) is 13.2. The average molecular weight is 222 g/mol. The second-order valence-electron chi connectivity index (χ2n) is 3.37. The van der Waals surface area contributed by atoms with Crippen molar-refractivity contribution in [1.29, 1.82) is 0 Å². The van der Waals surface area contributed by atoms with Crippen LogP contribution >= 0.6 is 0 Å². The molecule has 1 aliphatic heterocycles. The molecular formula is C12H14O4. The van der Waals surface area contributed by atoms with Gasteiger partial charge in [-0.1, -0.05) is 0 Å². The van der Waals surface area contributed by atoms with Gasteiger partial charge in [0.25, 0.3) is 0 Å². The molecule has 1 aliphatic rings. The van der Waals surface area contributed by atoms with E-state index in [1.54, 1.807) is 12.1 Å². The van der Waals surface area contributed by atoms with Crippen LogP contribution in [0.4, 0.5) is 0 Å². The highest BCUT2D eigenvalue weighted by molar-refractivity contribution is 6.04. The van der Waals surface area contributed by atoms with Crippen molar-refractivity contribution in [3.05, 3.63) is 17.7 Å². The van der Waals surface area contributed by atoms with Gasteiger partial charge in [-0.2, -0.15) is 0 Å². The number of fused-ring (bicyclic) bond motifs is 1. The first-order valence-electron chi connectivity index (χ1n) is 5.35. The molecule has 0 bridgehead atoms. The smallest absolute Gasteiger partial charge is 0.207 e. The standard InChI is InChI=1S/C12H14O4/c1-3-14-8-5-10(15-4-2)12-9(13)7-16-11(12)6-8/h5-6H,3-4,7H2,1-2H3. The summed E-state index contributed by atoms with van der Waals surface area (Å²) in [5.41, 5.74) is 0.533. The summed E-state index contributed by atoms with van der Waals surface area (Å²) in [6.45, 7) is 4.94. The lowest BCUT2D eigenvalue weighted by Gasteiger charge is -2.10. The number of carbonyl (C=O) groups excluding carboxylic acids is 1. The van der Waals surface area contributed by atoms with Gasteiger partial charge in [0.15, 0.2) is 6.61 Å². The highest BCUT2D eigenvalue weighted by Gasteiger charge is 2.27. The molecule has 16 heavy (non-hydrogen) atoms. The molecule has 0 N–H and O–H groups in total. The lowest BCUT2D eigenvalue weighted by Crippen LogP contribution is -2.02. The van der Waals surface area contributed by atoms with Gasteiger partial charge in [-0.3, -0.25) is 4.79 Å². The number of hydrogen-bond donors (Lipinski definition) is 0. The summed E-state index contributed by atoms with van der Waals surface area (Å²) in [5.74, 6) is 1.73. The Kier molecular flexibility index (Phi) is 2.99. The number of hydrogen-bond acceptors (Lipinski definition) is 4. The van der Waals surface area contributed by atoms with E-state index >= 15 is 0 Å². The minimum Gasteiger partial charge on any atom is -0.494 e. The molecule has 2 rings (SSSR count). The zero-order valence-corrected chi connectivity index (χ0v) is 9.41. The van der Waals surface area contributed by atoms with E-state index in [1.807, 2.05) is 13.8 Å². The zero-order chi connectivity index (χ0) is 11.5. The Morgan fingerprint density at radius 3 is 2.69 bits per heavy atom. The highest BCUT2D eigenvalue weighted by atomic mass is 16.5. The maximum absolute atomic E-state index is 11.6. The first-order chi connectivity index (χ1) is 7.76. The first kappa shape index (κ1) is 10.8. The van der Waals surface area contributed by atoms with Crippen molar-refractivity contribution in [3.63, 3.8) is 0 Å². The van der Waals surface area contributed by atoms with E-state index in [1.165, 1.54) is 0 Å². The summed E-state index contributed by atoms with van der Waals surface area (Å²) in [7, 11) is 0. The minimum atomic E-state index is -0.0403. The third-order valence-corrected chi connectivity index (χ3v) is 2.29. The largest absolute Gasteiger partial charge is 0.494 e. The molecular weight excluding hydrogens is 208 g/mol. The van der Waals surface area contributed by atoms with E-state index in [4.69, 9.17) is 14.2 Å². The number of carbonyl (C=O) groups is 1. The minimum absolute atomic E-state index is 0.0403. The summed E-state index contributed by atoms with van der Waals surface area (Å²) in [4.78, 5) is 11.6. The summed E-state index contributed by atoms with van der Waals surface area (Å²) in [6, 6.07) is 3.46. The fourth-order valence-electron chi connectivity index (χ4n) is 1.69. The lowest BCUT2D eigenvalue weighted by molar-refractivity contribution is 0.0958. The molecule has 1 aromatic carbocycles. The molecule has 0 saturated heterocycles. The van der Waals surface area contributed by atoms with Gasteiger partial charge < -0.3 is 14.2 Å². The lowest BCUT2D eigenvalue weighted by atomic mass is 10.1. The van der Waals surface area contributed by atoms with Crippen LogP contribution < -0.4 is 14.2 Å². The van der Waals surface area contributed by atoms with Crippen LogP contribution in [0, 0.1) is 0 Å². The molecule has 4 heteroatoms. The summed E-state index contributed by atoms with van der Waals surface area (Å²) < 4.78 is 16.1. The van der Waals surface area contributed by atoms with E-state index < -0.39 is 0 Å². The Balaban J connectivity index is 2.43. The summed E-state index contributed by atoms with van der Waals surface area (Å²) in [6.07, 6.45) is 0. The van der Waals surface area contributed by atoms with Crippen LogP contribution in [0.15, 0.2) is 12.1 Å². The van der Waals surface area contributed by atoms with Crippen molar-refractivity contribution >= 4 is 5.78 Å². The van der Waals surface area contributed by atoms with Crippen LogP contribution in [0.5, 0.6) is 17.2 Å². The first-order valence-corrected chi connectivity index (χ1v) is 5.35. The van der Waals surface area contributed by atoms with Gasteiger partial charge in [-0.05, 0) is 13.8 Å². The summed E-state index contributed by atoms with van der Waals surface area (Å²) in [5, 5.41) is 0.